The first-order valence-electron chi connectivity index (χ1n) is 6.59. The number of aromatic nitrogens is 1. The summed E-state index contributed by atoms with van der Waals surface area (Å²) in [5.41, 5.74) is 3.40. The van der Waals surface area contributed by atoms with Gasteiger partial charge in [-0.15, -0.1) is 0 Å². The van der Waals surface area contributed by atoms with Crippen LogP contribution in [-0.2, 0) is 0 Å². The highest BCUT2D eigenvalue weighted by atomic mass is 35.5. The predicted octanol–water partition coefficient (Wildman–Crippen LogP) is 6.25. The molecule has 2 aromatic carbocycles. The van der Waals surface area contributed by atoms with E-state index >= 15 is 0 Å². The van der Waals surface area contributed by atoms with Crippen LogP contribution in [0.25, 0.3) is 10.9 Å². The maximum Gasteiger partial charge on any atom is 0.138 e. The van der Waals surface area contributed by atoms with E-state index in [1.165, 1.54) is 0 Å². The van der Waals surface area contributed by atoms with Crippen LogP contribution >= 0.6 is 34.8 Å². The second-order valence-electron chi connectivity index (χ2n) is 4.90. The molecule has 0 atom stereocenters. The molecule has 0 amide bonds. The van der Waals surface area contributed by atoms with Crippen molar-refractivity contribution in [1.29, 1.82) is 0 Å². The highest BCUT2D eigenvalue weighted by Crippen LogP contribution is 2.26. The Morgan fingerprint density at radius 3 is 2.45 bits per heavy atom. The number of hydrogen-bond acceptors (Lipinski definition) is 2. The molecule has 0 spiro atoms. The third kappa shape index (κ3) is 3.25. The lowest BCUT2D eigenvalue weighted by Gasteiger charge is -2.04. The van der Waals surface area contributed by atoms with E-state index in [4.69, 9.17) is 34.8 Å². The first-order chi connectivity index (χ1) is 10.5. The van der Waals surface area contributed by atoms with E-state index in [2.05, 4.69) is 9.98 Å². The molecular weight excluding hydrogens is 339 g/mol. The molecule has 3 aromatic rings. The van der Waals surface area contributed by atoms with Gasteiger partial charge in [0.25, 0.3) is 0 Å². The fourth-order valence-electron chi connectivity index (χ4n) is 2.19. The molecule has 1 heterocycles. The molecule has 5 heteroatoms. The van der Waals surface area contributed by atoms with Gasteiger partial charge in [0.05, 0.1) is 11.2 Å². The fourth-order valence-corrected chi connectivity index (χ4v) is 2.89. The Kier molecular flexibility index (Phi) is 4.34. The number of para-hydroxylation sites is 1. The zero-order valence-corrected chi connectivity index (χ0v) is 13.9. The second-order valence-corrected chi connectivity index (χ2v) is 6.13. The summed E-state index contributed by atoms with van der Waals surface area (Å²) in [6, 6.07) is 13.1. The molecule has 22 heavy (non-hydrogen) atoms. The Balaban J connectivity index is 2.03. The van der Waals surface area contributed by atoms with Crippen LogP contribution in [0, 0.1) is 6.92 Å². The van der Waals surface area contributed by atoms with Crippen molar-refractivity contribution in [2.75, 3.05) is 0 Å². The predicted molar refractivity (Wildman–Crippen MR) is 95.2 cm³/mol. The highest BCUT2D eigenvalue weighted by molar-refractivity contribution is 6.35. The van der Waals surface area contributed by atoms with Crippen molar-refractivity contribution in [3.63, 3.8) is 0 Å². The van der Waals surface area contributed by atoms with Crippen molar-refractivity contribution < 1.29 is 0 Å². The standard InChI is InChI=1S/C17H11Cl3N2/c1-10-3-2-4-11-5-12(17(20)22-16(10)11)9-21-15-7-13(18)6-14(19)8-15/h2-9H,1H3. The van der Waals surface area contributed by atoms with Gasteiger partial charge < -0.3 is 0 Å². The average molecular weight is 350 g/mol. The normalized spacial score (nSPS) is 11.5. The van der Waals surface area contributed by atoms with Gasteiger partial charge in [-0.25, -0.2) is 4.98 Å². The summed E-state index contributed by atoms with van der Waals surface area (Å²) in [4.78, 5) is 8.81. The maximum atomic E-state index is 6.25. The Hall–Kier alpha value is -1.61. The summed E-state index contributed by atoms with van der Waals surface area (Å²) in [7, 11) is 0. The van der Waals surface area contributed by atoms with Crippen molar-refractivity contribution in [3.05, 3.63) is 68.8 Å². The van der Waals surface area contributed by atoms with E-state index in [0.717, 1.165) is 22.0 Å². The monoisotopic (exact) mass is 348 g/mol. The zero-order valence-electron chi connectivity index (χ0n) is 11.6. The maximum absolute atomic E-state index is 6.25. The Bertz CT molecular complexity index is 868. The van der Waals surface area contributed by atoms with Crippen LogP contribution in [0.2, 0.25) is 15.2 Å². The first-order valence-corrected chi connectivity index (χ1v) is 7.72. The van der Waals surface area contributed by atoms with Crippen LogP contribution in [0.3, 0.4) is 0 Å². The molecule has 0 aliphatic heterocycles. The number of benzene rings is 2. The highest BCUT2D eigenvalue weighted by Gasteiger charge is 2.05. The van der Waals surface area contributed by atoms with Gasteiger partial charge in [0.15, 0.2) is 0 Å². The molecule has 3 rings (SSSR count). The van der Waals surface area contributed by atoms with Gasteiger partial charge in [-0.05, 0) is 36.8 Å². The quantitative estimate of drug-likeness (QED) is 0.396. The smallest absolute Gasteiger partial charge is 0.138 e. The molecule has 1 aromatic heterocycles. The van der Waals surface area contributed by atoms with Crippen LogP contribution in [0.5, 0.6) is 0 Å². The van der Waals surface area contributed by atoms with Crippen molar-refractivity contribution in [1.82, 2.24) is 4.98 Å². The third-order valence-corrected chi connectivity index (χ3v) is 3.97. The Labute approximate surface area is 143 Å². The minimum absolute atomic E-state index is 0.415. The van der Waals surface area contributed by atoms with Crippen LogP contribution in [0.15, 0.2) is 47.5 Å². The van der Waals surface area contributed by atoms with Crippen LogP contribution in [-0.4, -0.2) is 11.2 Å². The first kappa shape index (κ1) is 15.3. The average Bonchev–Trinajstić information content (AvgIpc) is 2.45. The summed E-state index contributed by atoms with van der Waals surface area (Å²) < 4.78 is 0. The Morgan fingerprint density at radius 1 is 1.00 bits per heavy atom. The molecule has 0 saturated heterocycles. The van der Waals surface area contributed by atoms with Gasteiger partial charge in [0, 0.05) is 27.2 Å². The zero-order chi connectivity index (χ0) is 15.7. The molecular formula is C17H11Cl3N2. The van der Waals surface area contributed by atoms with Gasteiger partial charge in [-0.1, -0.05) is 53.0 Å². The van der Waals surface area contributed by atoms with E-state index in [1.54, 1.807) is 24.4 Å². The summed E-state index contributed by atoms with van der Waals surface area (Å²) in [5.74, 6) is 0. The summed E-state index contributed by atoms with van der Waals surface area (Å²) in [5, 5.41) is 2.52. The van der Waals surface area contributed by atoms with Crippen molar-refractivity contribution in [2.45, 2.75) is 6.92 Å². The van der Waals surface area contributed by atoms with E-state index in [9.17, 15) is 0 Å². The second kappa shape index (κ2) is 6.25. The van der Waals surface area contributed by atoms with Gasteiger partial charge in [0.2, 0.25) is 0 Å². The molecule has 0 aliphatic carbocycles. The molecule has 0 aliphatic rings. The largest absolute Gasteiger partial charge is 0.256 e. The van der Waals surface area contributed by atoms with Gasteiger partial charge in [-0.2, -0.15) is 0 Å². The number of hydrogen-bond donors (Lipinski definition) is 0. The number of nitrogens with zero attached hydrogens (tertiary/aromatic N) is 2. The van der Waals surface area contributed by atoms with E-state index in [1.807, 2.05) is 31.2 Å². The molecule has 0 bridgehead atoms. The van der Waals surface area contributed by atoms with Gasteiger partial charge in [-0.3, -0.25) is 4.99 Å². The van der Waals surface area contributed by atoms with E-state index in [-0.39, 0.29) is 0 Å². The molecule has 0 unspecified atom stereocenters. The van der Waals surface area contributed by atoms with Crippen molar-refractivity contribution in [2.24, 2.45) is 4.99 Å². The van der Waals surface area contributed by atoms with Crippen LogP contribution < -0.4 is 0 Å². The lowest BCUT2D eigenvalue weighted by Crippen LogP contribution is -1.90. The molecule has 2 nitrogen and oxygen atoms in total. The Morgan fingerprint density at radius 2 is 1.73 bits per heavy atom. The number of aliphatic imine (C=N–C) groups is 1. The topological polar surface area (TPSA) is 25.2 Å². The van der Waals surface area contributed by atoms with Gasteiger partial charge >= 0.3 is 0 Å². The van der Waals surface area contributed by atoms with Crippen molar-refractivity contribution in [3.8, 4) is 0 Å². The number of aryl methyl sites for hydroxylation is 1. The number of pyridine rings is 1. The number of halogens is 3. The molecule has 0 saturated carbocycles. The van der Waals surface area contributed by atoms with Gasteiger partial charge in [0.1, 0.15) is 5.15 Å². The third-order valence-electron chi connectivity index (χ3n) is 3.23. The minimum Gasteiger partial charge on any atom is -0.256 e. The summed E-state index contributed by atoms with van der Waals surface area (Å²) in [6.07, 6.45) is 1.67. The lowest BCUT2D eigenvalue weighted by molar-refractivity contribution is 1.36. The SMILES string of the molecule is Cc1cccc2cc(C=Nc3cc(Cl)cc(Cl)c3)c(Cl)nc12. The number of rotatable bonds is 2. The lowest BCUT2D eigenvalue weighted by atomic mass is 10.1. The van der Waals surface area contributed by atoms with E-state index in [0.29, 0.717) is 20.9 Å². The summed E-state index contributed by atoms with van der Waals surface area (Å²) in [6.45, 7) is 2.01. The fraction of sp³-hybridized carbons (Fsp3) is 0.0588. The minimum atomic E-state index is 0.415. The van der Waals surface area contributed by atoms with Crippen molar-refractivity contribution >= 4 is 57.6 Å². The molecule has 0 fully saturated rings. The van der Waals surface area contributed by atoms with E-state index < -0.39 is 0 Å². The van der Waals surface area contributed by atoms with Crippen LogP contribution in [0.4, 0.5) is 5.69 Å². The number of fused-ring (bicyclic) bond motifs is 1. The molecule has 0 radical (unpaired) electrons. The van der Waals surface area contributed by atoms with Crippen LogP contribution in [0.1, 0.15) is 11.1 Å². The molecule has 0 N–H and O–H groups in total. The molecule has 110 valence electrons. The summed E-state index contributed by atoms with van der Waals surface area (Å²) >= 11 is 18.2.